The highest BCUT2D eigenvalue weighted by atomic mass is 16.6. The third-order valence-corrected chi connectivity index (χ3v) is 5.23. The summed E-state index contributed by atoms with van der Waals surface area (Å²) in [6.45, 7) is 3.11. The van der Waals surface area contributed by atoms with E-state index in [1.807, 2.05) is 35.2 Å². The van der Waals surface area contributed by atoms with E-state index in [-0.39, 0.29) is 17.5 Å². The molecule has 2 aliphatic rings. The minimum atomic E-state index is -0.489. The van der Waals surface area contributed by atoms with Crippen LogP contribution in [0.3, 0.4) is 0 Å². The van der Waals surface area contributed by atoms with Crippen LogP contribution in [0.2, 0.25) is 0 Å². The van der Waals surface area contributed by atoms with Crippen molar-refractivity contribution >= 4 is 5.91 Å². The Morgan fingerprint density at radius 3 is 2.67 bits per heavy atom. The second kappa shape index (κ2) is 8.06. The first-order valence-corrected chi connectivity index (χ1v) is 9.39. The van der Waals surface area contributed by atoms with E-state index in [1.165, 1.54) is 0 Å². The Morgan fingerprint density at radius 2 is 1.96 bits per heavy atom. The minimum absolute atomic E-state index is 0.00291. The average molecular weight is 372 g/mol. The summed E-state index contributed by atoms with van der Waals surface area (Å²) in [6, 6.07) is 9.87. The fourth-order valence-corrected chi connectivity index (χ4v) is 3.75. The summed E-state index contributed by atoms with van der Waals surface area (Å²) in [6.07, 6.45) is 1.06. The van der Waals surface area contributed by atoms with E-state index in [0.29, 0.717) is 39.5 Å². The maximum absolute atomic E-state index is 12.6. The molecule has 0 unspecified atom stereocenters. The number of rotatable bonds is 4. The van der Waals surface area contributed by atoms with Gasteiger partial charge in [-0.15, -0.1) is 0 Å². The van der Waals surface area contributed by atoms with Crippen LogP contribution in [0.5, 0.6) is 0 Å². The Hall–Kier alpha value is -2.45. The molecule has 0 radical (unpaired) electrons. The molecule has 0 saturated carbocycles. The number of nitrogens with one attached hydrogen (secondary N) is 1. The summed E-state index contributed by atoms with van der Waals surface area (Å²) < 4.78 is 12.6. The number of carbonyl (C=O) groups excluding carboxylic acids is 1. The van der Waals surface area contributed by atoms with E-state index in [2.05, 4.69) is 10.2 Å². The van der Waals surface area contributed by atoms with E-state index < -0.39 is 6.10 Å². The molecule has 0 spiro atoms. The van der Waals surface area contributed by atoms with Crippen LogP contribution in [0.4, 0.5) is 0 Å². The minimum Gasteiger partial charge on any atom is -0.376 e. The number of hydrogen-bond acceptors (Lipinski definition) is 5. The number of ether oxygens (including phenoxy) is 2. The maximum Gasteiger partial charge on any atom is 0.343 e. The Labute approximate surface area is 157 Å². The van der Waals surface area contributed by atoms with Gasteiger partial charge in [0.2, 0.25) is 0 Å². The van der Waals surface area contributed by atoms with E-state index in [0.717, 1.165) is 24.2 Å². The molecular weight excluding hydrogens is 348 g/mol. The summed E-state index contributed by atoms with van der Waals surface area (Å²) in [5, 5.41) is 6.85. The lowest BCUT2D eigenvalue weighted by atomic mass is 9.95. The molecule has 2 aliphatic heterocycles. The zero-order valence-electron chi connectivity index (χ0n) is 15.2. The SMILES string of the molecule is O=C([C@@H]1COCCO1)N1CCC(c2n[nH]c(=O)n2Cc2ccccc2)CC1. The molecule has 144 valence electrons. The molecule has 8 heteroatoms. The van der Waals surface area contributed by atoms with Gasteiger partial charge < -0.3 is 14.4 Å². The van der Waals surface area contributed by atoms with Crippen LogP contribution >= 0.6 is 0 Å². The van der Waals surface area contributed by atoms with Crippen molar-refractivity contribution in [3.8, 4) is 0 Å². The highest BCUT2D eigenvalue weighted by Crippen LogP contribution is 2.27. The quantitative estimate of drug-likeness (QED) is 0.855. The van der Waals surface area contributed by atoms with Gasteiger partial charge in [0, 0.05) is 19.0 Å². The Morgan fingerprint density at radius 1 is 1.19 bits per heavy atom. The summed E-state index contributed by atoms with van der Waals surface area (Å²) >= 11 is 0. The molecule has 8 nitrogen and oxygen atoms in total. The number of aromatic nitrogens is 3. The summed E-state index contributed by atoms with van der Waals surface area (Å²) in [5.41, 5.74) is 0.865. The van der Waals surface area contributed by atoms with Gasteiger partial charge >= 0.3 is 5.69 Å². The van der Waals surface area contributed by atoms with Crippen LogP contribution in [-0.4, -0.2) is 64.6 Å². The van der Waals surface area contributed by atoms with Crippen molar-refractivity contribution in [3.63, 3.8) is 0 Å². The molecule has 1 aromatic heterocycles. The molecule has 1 atom stereocenters. The number of likely N-dealkylation sites (tertiary alicyclic amines) is 1. The normalized spacial score (nSPS) is 21.3. The first kappa shape index (κ1) is 17.9. The van der Waals surface area contributed by atoms with Crippen molar-refractivity contribution in [3.05, 3.63) is 52.2 Å². The molecule has 2 aromatic rings. The largest absolute Gasteiger partial charge is 0.376 e. The molecule has 3 heterocycles. The van der Waals surface area contributed by atoms with Gasteiger partial charge in [0.1, 0.15) is 5.82 Å². The fourth-order valence-electron chi connectivity index (χ4n) is 3.75. The number of carbonyl (C=O) groups is 1. The predicted molar refractivity (Wildman–Crippen MR) is 97.5 cm³/mol. The average Bonchev–Trinajstić information content (AvgIpc) is 3.09. The number of aromatic amines is 1. The highest BCUT2D eigenvalue weighted by Gasteiger charge is 2.32. The molecule has 0 aliphatic carbocycles. The molecule has 1 aromatic carbocycles. The van der Waals surface area contributed by atoms with Gasteiger partial charge in [-0.25, -0.2) is 9.89 Å². The smallest absolute Gasteiger partial charge is 0.343 e. The molecule has 0 bridgehead atoms. The van der Waals surface area contributed by atoms with Crippen LogP contribution in [0.15, 0.2) is 35.1 Å². The first-order chi connectivity index (χ1) is 13.2. The highest BCUT2D eigenvalue weighted by molar-refractivity contribution is 5.81. The maximum atomic E-state index is 12.6. The number of amides is 1. The van der Waals surface area contributed by atoms with E-state index in [9.17, 15) is 9.59 Å². The predicted octanol–water partition coefficient (Wildman–Crippen LogP) is 0.741. The summed E-state index contributed by atoms with van der Waals surface area (Å²) in [4.78, 5) is 26.6. The van der Waals surface area contributed by atoms with Crippen LogP contribution in [0.25, 0.3) is 0 Å². The number of hydrogen-bond donors (Lipinski definition) is 1. The molecular formula is C19H24N4O4. The van der Waals surface area contributed by atoms with Gasteiger partial charge in [-0.2, -0.15) is 5.10 Å². The summed E-state index contributed by atoms with van der Waals surface area (Å²) in [7, 11) is 0. The van der Waals surface area contributed by atoms with E-state index >= 15 is 0 Å². The second-order valence-corrected chi connectivity index (χ2v) is 6.99. The van der Waals surface area contributed by atoms with Crippen molar-refractivity contribution in [2.24, 2.45) is 0 Å². The van der Waals surface area contributed by atoms with Crippen molar-refractivity contribution in [2.75, 3.05) is 32.9 Å². The summed E-state index contributed by atoms with van der Waals surface area (Å²) in [5.74, 6) is 0.922. The van der Waals surface area contributed by atoms with Gasteiger partial charge in [0.05, 0.1) is 26.4 Å². The van der Waals surface area contributed by atoms with Crippen LogP contribution < -0.4 is 5.69 Å². The van der Waals surface area contributed by atoms with E-state index in [4.69, 9.17) is 9.47 Å². The van der Waals surface area contributed by atoms with Crippen LogP contribution in [-0.2, 0) is 20.8 Å². The molecule has 27 heavy (non-hydrogen) atoms. The van der Waals surface area contributed by atoms with Crippen molar-refractivity contribution in [1.29, 1.82) is 0 Å². The van der Waals surface area contributed by atoms with Gasteiger partial charge in [-0.05, 0) is 18.4 Å². The van der Waals surface area contributed by atoms with Gasteiger partial charge in [-0.3, -0.25) is 9.36 Å². The zero-order chi connectivity index (χ0) is 18.6. The van der Waals surface area contributed by atoms with Gasteiger partial charge in [-0.1, -0.05) is 30.3 Å². The number of H-pyrrole nitrogens is 1. The van der Waals surface area contributed by atoms with Gasteiger partial charge in [0.25, 0.3) is 5.91 Å². The lowest BCUT2D eigenvalue weighted by Crippen LogP contribution is -2.48. The molecule has 1 N–H and O–H groups in total. The second-order valence-electron chi connectivity index (χ2n) is 6.99. The van der Waals surface area contributed by atoms with Crippen molar-refractivity contribution in [1.82, 2.24) is 19.7 Å². The molecule has 2 fully saturated rings. The number of piperidine rings is 1. The monoisotopic (exact) mass is 372 g/mol. The van der Waals surface area contributed by atoms with Crippen LogP contribution in [0, 0.1) is 0 Å². The lowest BCUT2D eigenvalue weighted by Gasteiger charge is -2.34. The van der Waals surface area contributed by atoms with Crippen LogP contribution in [0.1, 0.15) is 30.1 Å². The zero-order valence-corrected chi connectivity index (χ0v) is 15.2. The molecule has 1 amide bonds. The third kappa shape index (κ3) is 3.96. The van der Waals surface area contributed by atoms with Gasteiger partial charge in [0.15, 0.2) is 6.10 Å². The van der Waals surface area contributed by atoms with Crippen molar-refractivity contribution < 1.29 is 14.3 Å². The molecule has 4 rings (SSSR count). The Balaban J connectivity index is 1.41. The number of benzene rings is 1. The Bertz CT molecular complexity index is 818. The van der Waals surface area contributed by atoms with E-state index in [1.54, 1.807) is 4.57 Å². The fraction of sp³-hybridized carbons (Fsp3) is 0.526. The molecule has 2 saturated heterocycles. The lowest BCUT2D eigenvalue weighted by molar-refractivity contribution is -0.159. The number of nitrogens with zero attached hydrogens (tertiary/aromatic N) is 3. The van der Waals surface area contributed by atoms with Crippen molar-refractivity contribution in [2.45, 2.75) is 31.4 Å². The third-order valence-electron chi connectivity index (χ3n) is 5.23. The standard InChI is InChI=1S/C19H24N4O4/c24-18(16-13-26-10-11-27-16)22-8-6-15(7-9-22)17-20-21-19(25)23(17)12-14-4-2-1-3-5-14/h1-5,15-16H,6-13H2,(H,21,25)/t16-/m0/s1. The Kier molecular flexibility index (Phi) is 5.35. The first-order valence-electron chi connectivity index (χ1n) is 9.39. The topological polar surface area (TPSA) is 89.5 Å².